The number of thiophene rings is 1. The first kappa shape index (κ1) is 16.7. The number of nitrogens with zero attached hydrogens (tertiary/aromatic N) is 1. The van der Waals surface area contributed by atoms with Gasteiger partial charge >= 0.3 is 0 Å². The molecule has 0 amide bonds. The Morgan fingerprint density at radius 3 is 3.00 bits per heavy atom. The van der Waals surface area contributed by atoms with Gasteiger partial charge in [0.2, 0.25) is 0 Å². The zero-order valence-electron chi connectivity index (χ0n) is 12.8. The minimum Gasteiger partial charge on any atom is -0.494 e. The summed E-state index contributed by atoms with van der Waals surface area (Å²) < 4.78 is 32.9. The normalized spacial score (nSPS) is 22.1. The lowest BCUT2D eigenvalue weighted by Crippen LogP contribution is -2.45. The van der Waals surface area contributed by atoms with Crippen LogP contribution >= 0.6 is 11.3 Å². The number of nitrogens with one attached hydrogen (secondary N) is 1. The van der Waals surface area contributed by atoms with E-state index in [0.717, 1.165) is 19.6 Å². The number of hydrogen-bond donors (Lipinski definition) is 1. The molecule has 2 rings (SSSR count). The lowest BCUT2D eigenvalue weighted by molar-refractivity contribution is 0.174. The summed E-state index contributed by atoms with van der Waals surface area (Å²) >= 11 is 1.18. The maximum Gasteiger partial charge on any atom is 0.254 e. The van der Waals surface area contributed by atoms with E-state index in [2.05, 4.69) is 16.5 Å². The fourth-order valence-electron chi connectivity index (χ4n) is 2.83. The van der Waals surface area contributed by atoms with Crippen molar-refractivity contribution in [2.45, 2.75) is 36.9 Å². The molecule has 0 aliphatic carbocycles. The van der Waals surface area contributed by atoms with Gasteiger partial charge in [0.1, 0.15) is 5.75 Å². The van der Waals surface area contributed by atoms with Crippen molar-refractivity contribution in [3.63, 3.8) is 0 Å². The number of methoxy groups -OCH3 is 1. The van der Waals surface area contributed by atoms with Gasteiger partial charge in [0.05, 0.1) is 7.11 Å². The Morgan fingerprint density at radius 1 is 1.57 bits per heavy atom. The van der Waals surface area contributed by atoms with Crippen molar-refractivity contribution in [2.24, 2.45) is 5.92 Å². The summed E-state index contributed by atoms with van der Waals surface area (Å²) in [4.78, 5) is 2.34. The molecule has 0 unspecified atom stereocenters. The van der Waals surface area contributed by atoms with Crippen LogP contribution in [-0.4, -0.2) is 46.1 Å². The molecule has 0 radical (unpaired) electrons. The first-order valence-electron chi connectivity index (χ1n) is 7.28. The Hall–Kier alpha value is -0.630. The monoisotopic (exact) mass is 332 g/mol. The predicted molar refractivity (Wildman–Crippen MR) is 85.5 cm³/mol. The van der Waals surface area contributed by atoms with E-state index >= 15 is 0 Å². The van der Waals surface area contributed by atoms with Gasteiger partial charge in [0, 0.05) is 19.1 Å². The van der Waals surface area contributed by atoms with Crippen LogP contribution in [0, 0.1) is 5.92 Å². The van der Waals surface area contributed by atoms with Gasteiger partial charge in [-0.3, -0.25) is 0 Å². The topological polar surface area (TPSA) is 58.6 Å². The third-order valence-corrected chi connectivity index (χ3v) is 6.73. The molecular formula is C14H24N2O3S2. The number of rotatable bonds is 6. The summed E-state index contributed by atoms with van der Waals surface area (Å²) in [5, 5.41) is 1.73. The average molecular weight is 332 g/mol. The zero-order valence-corrected chi connectivity index (χ0v) is 14.5. The quantitative estimate of drug-likeness (QED) is 0.867. The van der Waals surface area contributed by atoms with Crippen LogP contribution in [0.3, 0.4) is 0 Å². The van der Waals surface area contributed by atoms with E-state index in [1.807, 2.05) is 6.92 Å². The summed E-state index contributed by atoms with van der Waals surface area (Å²) in [6.07, 6.45) is 2.46. The maximum absolute atomic E-state index is 12.4. The highest BCUT2D eigenvalue weighted by molar-refractivity contribution is 7.91. The van der Waals surface area contributed by atoms with Crippen molar-refractivity contribution in [1.82, 2.24) is 9.62 Å². The molecule has 1 aromatic heterocycles. The summed E-state index contributed by atoms with van der Waals surface area (Å²) in [6.45, 7) is 7.01. The van der Waals surface area contributed by atoms with Crippen LogP contribution in [0.25, 0.3) is 0 Å². The molecule has 2 heterocycles. The molecule has 1 N–H and O–H groups in total. The van der Waals surface area contributed by atoms with E-state index in [0.29, 0.717) is 11.7 Å². The molecule has 120 valence electrons. The fraction of sp³-hybridized carbons (Fsp3) is 0.714. The van der Waals surface area contributed by atoms with Crippen LogP contribution in [0.1, 0.15) is 26.7 Å². The van der Waals surface area contributed by atoms with E-state index in [4.69, 9.17) is 4.74 Å². The van der Waals surface area contributed by atoms with E-state index in [1.54, 1.807) is 11.4 Å². The molecule has 5 nitrogen and oxygen atoms in total. The smallest absolute Gasteiger partial charge is 0.254 e. The van der Waals surface area contributed by atoms with Gasteiger partial charge in [-0.25, -0.2) is 13.1 Å². The molecule has 7 heteroatoms. The van der Waals surface area contributed by atoms with Crippen LogP contribution in [0.4, 0.5) is 0 Å². The van der Waals surface area contributed by atoms with E-state index in [1.165, 1.54) is 31.3 Å². The van der Waals surface area contributed by atoms with Crippen LogP contribution in [0.5, 0.6) is 5.75 Å². The third-order valence-electron chi connectivity index (χ3n) is 3.69. The minimum atomic E-state index is -3.51. The van der Waals surface area contributed by atoms with Crippen molar-refractivity contribution in [3.8, 4) is 5.75 Å². The molecule has 1 fully saturated rings. The van der Waals surface area contributed by atoms with E-state index < -0.39 is 10.0 Å². The molecule has 1 aliphatic heterocycles. The van der Waals surface area contributed by atoms with Crippen LogP contribution < -0.4 is 9.46 Å². The summed E-state index contributed by atoms with van der Waals surface area (Å²) in [7, 11) is -2.02. The summed E-state index contributed by atoms with van der Waals surface area (Å²) in [6, 6.07) is 1.56. The molecule has 0 aromatic carbocycles. The number of piperidine rings is 1. The molecule has 1 aliphatic rings. The highest BCUT2D eigenvalue weighted by Crippen LogP contribution is 2.29. The Morgan fingerprint density at radius 2 is 2.33 bits per heavy atom. The molecule has 1 saturated heterocycles. The van der Waals surface area contributed by atoms with E-state index in [-0.39, 0.29) is 10.3 Å². The second kappa shape index (κ2) is 7.09. The highest BCUT2D eigenvalue weighted by atomic mass is 32.2. The zero-order chi connectivity index (χ0) is 15.5. The lowest BCUT2D eigenvalue weighted by Gasteiger charge is -2.32. The van der Waals surface area contributed by atoms with Gasteiger partial charge in [0.15, 0.2) is 4.21 Å². The SMILES string of the molecule is COc1ccsc1S(=O)(=O)N[C@H](C)CN1CCC[C@@H](C)C1. The first-order valence-corrected chi connectivity index (χ1v) is 9.65. The largest absolute Gasteiger partial charge is 0.494 e. The Bertz CT molecular complexity index is 556. The molecule has 21 heavy (non-hydrogen) atoms. The standard InChI is InChI=1S/C14H24N2O3S2/c1-11-5-4-7-16(9-11)10-12(2)15-21(17,18)14-13(19-3)6-8-20-14/h6,8,11-12,15H,4-5,7,9-10H2,1-3H3/t11-,12-/m1/s1. The van der Waals surface area contributed by atoms with Crippen LogP contribution in [-0.2, 0) is 10.0 Å². The fourth-order valence-corrected chi connectivity index (χ4v) is 5.35. The first-order chi connectivity index (χ1) is 9.92. The number of hydrogen-bond acceptors (Lipinski definition) is 5. The van der Waals surface area contributed by atoms with Gasteiger partial charge in [-0.2, -0.15) is 0 Å². The molecular weight excluding hydrogens is 308 g/mol. The highest BCUT2D eigenvalue weighted by Gasteiger charge is 2.25. The maximum atomic E-state index is 12.4. The van der Waals surface area contributed by atoms with Gasteiger partial charge in [-0.05, 0) is 43.7 Å². The molecule has 0 saturated carbocycles. The van der Waals surface area contributed by atoms with Crippen molar-refractivity contribution >= 4 is 21.4 Å². The average Bonchev–Trinajstić information content (AvgIpc) is 2.86. The van der Waals surface area contributed by atoms with Gasteiger partial charge in [-0.1, -0.05) is 6.92 Å². The summed E-state index contributed by atoms with van der Waals surface area (Å²) in [5.41, 5.74) is 0. The van der Waals surface area contributed by atoms with Crippen molar-refractivity contribution < 1.29 is 13.2 Å². The number of sulfonamides is 1. The minimum absolute atomic E-state index is 0.118. The lowest BCUT2D eigenvalue weighted by atomic mass is 10.00. The van der Waals surface area contributed by atoms with Gasteiger partial charge in [-0.15, -0.1) is 11.3 Å². The Balaban J connectivity index is 1.96. The Labute approximate surface area is 131 Å². The second-order valence-electron chi connectivity index (χ2n) is 5.81. The second-order valence-corrected chi connectivity index (χ2v) is 8.63. The van der Waals surface area contributed by atoms with Crippen molar-refractivity contribution in [2.75, 3.05) is 26.7 Å². The molecule has 0 bridgehead atoms. The van der Waals surface area contributed by atoms with Gasteiger partial charge < -0.3 is 9.64 Å². The van der Waals surface area contributed by atoms with Crippen molar-refractivity contribution in [1.29, 1.82) is 0 Å². The molecule has 1 aromatic rings. The molecule has 2 atom stereocenters. The predicted octanol–water partition coefficient (Wildman–Crippen LogP) is 2.16. The number of likely N-dealkylation sites (tertiary alicyclic amines) is 1. The van der Waals surface area contributed by atoms with Gasteiger partial charge in [0.25, 0.3) is 10.0 Å². The van der Waals surface area contributed by atoms with E-state index in [9.17, 15) is 8.42 Å². The Kier molecular flexibility index (Phi) is 5.65. The van der Waals surface area contributed by atoms with Crippen LogP contribution in [0.15, 0.2) is 15.7 Å². The third kappa shape index (κ3) is 4.42. The molecule has 0 spiro atoms. The van der Waals surface area contributed by atoms with Crippen molar-refractivity contribution in [3.05, 3.63) is 11.4 Å². The number of ether oxygens (including phenoxy) is 1. The van der Waals surface area contributed by atoms with Crippen LogP contribution in [0.2, 0.25) is 0 Å². The summed E-state index contributed by atoms with van der Waals surface area (Å²) in [5.74, 6) is 1.10.